The van der Waals surface area contributed by atoms with Crippen molar-refractivity contribution in [3.05, 3.63) is 35.4 Å². The van der Waals surface area contributed by atoms with Crippen LogP contribution in [-0.4, -0.2) is 51.2 Å². The average Bonchev–Trinajstić information content (AvgIpc) is 3.52. The summed E-state index contributed by atoms with van der Waals surface area (Å²) >= 11 is 1.59. The molecule has 192 valence electrons. The zero-order chi connectivity index (χ0) is 24.8. The lowest BCUT2D eigenvalue weighted by molar-refractivity contribution is -0.137. The molecule has 2 aliphatic heterocycles. The number of rotatable bonds is 6. The minimum absolute atomic E-state index is 0.0470. The van der Waals surface area contributed by atoms with Crippen LogP contribution in [0.2, 0.25) is 0 Å². The lowest BCUT2D eigenvalue weighted by Gasteiger charge is -2.39. The minimum Gasteiger partial charge on any atom is -0.378 e. The third-order valence-electron chi connectivity index (χ3n) is 8.67. The number of aliphatic hydroxyl groups is 1. The molecule has 2 N–H and O–H groups in total. The molecule has 2 bridgehead atoms. The van der Waals surface area contributed by atoms with Crippen LogP contribution in [0.25, 0.3) is 0 Å². The van der Waals surface area contributed by atoms with Crippen molar-refractivity contribution in [1.82, 2.24) is 10.2 Å². The standard InChI is InChI=1S/C26H34F3N3O2S/c1-25(23(34)31-24(35-25)30-21-15-17-2-6-18(21)14-17)19-10-12-32(13-11-19)22(33)9-5-16-3-7-20(8-4-16)26(27,28)29/h3-4,7-8,17-19,21-22,33H,2,5-6,9-15H2,1H3,(H,30,31,34)/t17-,18?,21+,22?,25?/m1/s1. The van der Waals surface area contributed by atoms with Gasteiger partial charge in [0.25, 0.3) is 0 Å². The first-order valence-corrected chi connectivity index (χ1v) is 13.6. The van der Waals surface area contributed by atoms with Gasteiger partial charge in [0.2, 0.25) is 5.91 Å². The first-order chi connectivity index (χ1) is 16.6. The Bertz CT molecular complexity index is 962. The number of thioether (sulfide) groups is 1. The number of carbonyl (C=O) groups excluding carboxylic acids is 1. The number of fused-ring (bicyclic) bond motifs is 2. The molecule has 0 aromatic heterocycles. The molecule has 5 rings (SSSR count). The minimum atomic E-state index is -4.34. The van der Waals surface area contributed by atoms with Gasteiger partial charge in [0.15, 0.2) is 5.17 Å². The first kappa shape index (κ1) is 25.1. The second-order valence-corrected chi connectivity index (χ2v) is 12.3. The number of hydrogen-bond donors (Lipinski definition) is 2. The number of hydrogen-bond acceptors (Lipinski definition) is 5. The van der Waals surface area contributed by atoms with Gasteiger partial charge in [-0.2, -0.15) is 13.2 Å². The summed E-state index contributed by atoms with van der Waals surface area (Å²) in [6.45, 7) is 3.42. The Balaban J connectivity index is 1.11. The quantitative estimate of drug-likeness (QED) is 0.576. The average molecular weight is 510 g/mol. The number of nitrogens with zero attached hydrogens (tertiary/aromatic N) is 2. The molecule has 3 unspecified atom stereocenters. The van der Waals surface area contributed by atoms with E-state index in [1.807, 2.05) is 11.8 Å². The van der Waals surface area contributed by atoms with Gasteiger partial charge in [0.05, 0.1) is 11.6 Å². The number of piperidine rings is 1. The van der Waals surface area contributed by atoms with E-state index in [0.29, 0.717) is 37.9 Å². The third-order valence-corrected chi connectivity index (χ3v) is 10.0. The Morgan fingerprint density at radius 1 is 1.17 bits per heavy atom. The molecule has 0 radical (unpaired) electrons. The Kier molecular flexibility index (Phi) is 6.96. The fraction of sp³-hybridized carbons (Fsp3) is 0.692. The fourth-order valence-electron chi connectivity index (χ4n) is 6.43. The molecule has 1 amide bonds. The van der Waals surface area contributed by atoms with Gasteiger partial charge in [-0.1, -0.05) is 30.3 Å². The fourth-order valence-corrected chi connectivity index (χ4v) is 7.71. The smallest absolute Gasteiger partial charge is 0.378 e. The number of aliphatic imine (C=N–C) groups is 1. The molecule has 2 aliphatic carbocycles. The Morgan fingerprint density at radius 2 is 1.89 bits per heavy atom. The molecule has 9 heteroatoms. The van der Waals surface area contributed by atoms with Gasteiger partial charge < -0.3 is 10.4 Å². The summed E-state index contributed by atoms with van der Waals surface area (Å²) < 4.78 is 37.7. The van der Waals surface area contributed by atoms with Gasteiger partial charge in [0, 0.05) is 13.1 Å². The second-order valence-electron chi connectivity index (χ2n) is 10.9. The van der Waals surface area contributed by atoms with Crippen LogP contribution in [0.5, 0.6) is 0 Å². The van der Waals surface area contributed by atoms with Crippen molar-refractivity contribution in [2.24, 2.45) is 22.7 Å². The van der Waals surface area contributed by atoms with Crippen LogP contribution < -0.4 is 5.32 Å². The van der Waals surface area contributed by atoms with Gasteiger partial charge in [-0.25, -0.2) is 0 Å². The predicted molar refractivity (Wildman–Crippen MR) is 131 cm³/mol. The van der Waals surface area contributed by atoms with Crippen molar-refractivity contribution >= 4 is 22.8 Å². The summed E-state index contributed by atoms with van der Waals surface area (Å²) in [5.41, 5.74) is 0.121. The largest absolute Gasteiger partial charge is 0.416 e. The molecule has 5 nitrogen and oxygen atoms in total. The Morgan fingerprint density at radius 3 is 2.49 bits per heavy atom. The molecule has 35 heavy (non-hydrogen) atoms. The Hall–Kier alpha value is -1.58. The van der Waals surface area contributed by atoms with Crippen LogP contribution in [0.15, 0.2) is 29.3 Å². The van der Waals surface area contributed by atoms with E-state index in [4.69, 9.17) is 4.99 Å². The zero-order valence-corrected chi connectivity index (χ0v) is 20.9. The van der Waals surface area contributed by atoms with Gasteiger partial charge in [0.1, 0.15) is 11.0 Å². The van der Waals surface area contributed by atoms with E-state index >= 15 is 0 Å². The lowest BCUT2D eigenvalue weighted by Crippen LogP contribution is -2.48. The van der Waals surface area contributed by atoms with E-state index in [1.54, 1.807) is 11.8 Å². The second kappa shape index (κ2) is 9.71. The van der Waals surface area contributed by atoms with Gasteiger partial charge in [-0.3, -0.25) is 14.7 Å². The summed E-state index contributed by atoms with van der Waals surface area (Å²) in [6, 6.07) is 5.50. The van der Waals surface area contributed by atoms with E-state index < -0.39 is 22.7 Å². The van der Waals surface area contributed by atoms with E-state index in [0.717, 1.165) is 48.0 Å². The van der Waals surface area contributed by atoms with E-state index in [2.05, 4.69) is 5.32 Å². The Labute approximate surface area is 208 Å². The number of carbonyl (C=O) groups is 1. The van der Waals surface area contributed by atoms with Crippen LogP contribution in [0, 0.1) is 17.8 Å². The highest BCUT2D eigenvalue weighted by molar-refractivity contribution is 8.16. The SMILES string of the molecule is CC1(C2CCN(C(O)CCc3ccc(C(F)(F)F)cc3)CC2)SC(=N[C@H]2C[C@@H]3CCC2C3)NC1=O. The van der Waals surface area contributed by atoms with Gasteiger partial charge in [-0.05, 0) is 87.3 Å². The van der Waals surface area contributed by atoms with Crippen molar-refractivity contribution in [2.75, 3.05) is 13.1 Å². The molecule has 4 fully saturated rings. The molecule has 2 heterocycles. The summed E-state index contributed by atoms with van der Waals surface area (Å²) in [5.74, 6) is 1.76. The molecule has 1 aromatic carbocycles. The zero-order valence-electron chi connectivity index (χ0n) is 20.1. The first-order valence-electron chi connectivity index (χ1n) is 12.8. The predicted octanol–water partition coefficient (Wildman–Crippen LogP) is 4.83. The monoisotopic (exact) mass is 509 g/mol. The maximum Gasteiger partial charge on any atom is 0.416 e. The molecule has 0 spiro atoms. The molecule has 5 atom stereocenters. The number of halogens is 3. The van der Waals surface area contributed by atoms with Crippen molar-refractivity contribution in [2.45, 2.75) is 81.5 Å². The van der Waals surface area contributed by atoms with Gasteiger partial charge >= 0.3 is 6.18 Å². The van der Waals surface area contributed by atoms with Crippen LogP contribution in [-0.2, 0) is 17.4 Å². The van der Waals surface area contributed by atoms with E-state index in [9.17, 15) is 23.1 Å². The van der Waals surface area contributed by atoms with Crippen molar-refractivity contribution in [3.63, 3.8) is 0 Å². The summed E-state index contributed by atoms with van der Waals surface area (Å²) in [4.78, 5) is 19.9. The normalized spacial score (nSPS) is 34.0. The van der Waals surface area contributed by atoms with Crippen LogP contribution in [0.1, 0.15) is 63.0 Å². The summed E-state index contributed by atoms with van der Waals surface area (Å²) in [6.07, 6.45) is 2.66. The third kappa shape index (κ3) is 5.27. The molecule has 4 aliphatic rings. The molecule has 1 aromatic rings. The number of aliphatic hydroxyl groups excluding tert-OH is 1. The van der Waals surface area contributed by atoms with Crippen LogP contribution in [0.4, 0.5) is 13.2 Å². The highest BCUT2D eigenvalue weighted by Gasteiger charge is 2.50. The molecule has 2 saturated heterocycles. The van der Waals surface area contributed by atoms with E-state index in [-0.39, 0.29) is 11.8 Å². The summed E-state index contributed by atoms with van der Waals surface area (Å²) in [7, 11) is 0. The number of amides is 1. The number of alkyl halides is 3. The van der Waals surface area contributed by atoms with Crippen LogP contribution in [0.3, 0.4) is 0 Å². The van der Waals surface area contributed by atoms with Crippen molar-refractivity contribution in [3.8, 4) is 0 Å². The molecular formula is C26H34F3N3O2S. The number of likely N-dealkylation sites (tertiary alicyclic amines) is 1. The van der Waals surface area contributed by atoms with Crippen molar-refractivity contribution in [1.29, 1.82) is 0 Å². The molecular weight excluding hydrogens is 475 g/mol. The number of benzene rings is 1. The maximum absolute atomic E-state index is 13.0. The van der Waals surface area contributed by atoms with Crippen LogP contribution >= 0.6 is 11.8 Å². The maximum atomic E-state index is 13.0. The number of nitrogens with one attached hydrogen (secondary N) is 1. The lowest BCUT2D eigenvalue weighted by atomic mass is 9.84. The number of amidine groups is 1. The highest BCUT2D eigenvalue weighted by atomic mass is 32.2. The number of aryl methyl sites for hydroxylation is 1. The van der Waals surface area contributed by atoms with Crippen molar-refractivity contribution < 1.29 is 23.1 Å². The highest BCUT2D eigenvalue weighted by Crippen LogP contribution is 2.48. The van der Waals surface area contributed by atoms with Gasteiger partial charge in [-0.15, -0.1) is 0 Å². The molecule has 2 saturated carbocycles. The van der Waals surface area contributed by atoms with E-state index in [1.165, 1.54) is 31.4 Å². The summed E-state index contributed by atoms with van der Waals surface area (Å²) in [5, 5.41) is 14.5. The topological polar surface area (TPSA) is 64.9 Å².